The van der Waals surface area contributed by atoms with E-state index in [9.17, 15) is 9.59 Å². The summed E-state index contributed by atoms with van der Waals surface area (Å²) in [6.45, 7) is 7.60. The van der Waals surface area contributed by atoms with Crippen LogP contribution in [0.15, 0.2) is 0 Å². The highest BCUT2D eigenvalue weighted by Gasteiger charge is 2.27. The van der Waals surface area contributed by atoms with Crippen molar-refractivity contribution in [1.29, 1.82) is 0 Å². The van der Waals surface area contributed by atoms with Gasteiger partial charge < -0.3 is 15.4 Å². The highest BCUT2D eigenvalue weighted by Crippen LogP contribution is 2.36. The van der Waals surface area contributed by atoms with Crippen molar-refractivity contribution < 1.29 is 14.3 Å². The predicted octanol–water partition coefficient (Wildman–Crippen LogP) is 2.56. The van der Waals surface area contributed by atoms with Gasteiger partial charge in [0.25, 0.3) is 0 Å². The number of amides is 1. The normalized spacial score (nSPS) is 14.5. The first-order valence-corrected chi connectivity index (χ1v) is 7.87. The Balaban J connectivity index is 2.28. The molecule has 1 aromatic heterocycles. The molecule has 0 saturated heterocycles. The van der Waals surface area contributed by atoms with Crippen LogP contribution < -0.4 is 10.6 Å². The van der Waals surface area contributed by atoms with Gasteiger partial charge in [0, 0.05) is 17.8 Å². The summed E-state index contributed by atoms with van der Waals surface area (Å²) in [4.78, 5) is 25.3. The largest absolute Gasteiger partial charge is 0.465 e. The Morgan fingerprint density at radius 1 is 1.38 bits per heavy atom. The zero-order valence-electron chi connectivity index (χ0n) is 13.0. The smallest absolute Gasteiger partial charge is 0.341 e. The number of ether oxygens (including phenoxy) is 1. The van der Waals surface area contributed by atoms with Gasteiger partial charge in [-0.1, -0.05) is 20.8 Å². The Labute approximate surface area is 129 Å². The molecule has 0 aromatic carbocycles. The second kappa shape index (κ2) is 6.15. The molecule has 0 fully saturated rings. The van der Waals surface area contributed by atoms with Gasteiger partial charge >= 0.3 is 5.97 Å². The molecule has 2 rings (SSSR count). The Hall–Kier alpha value is -1.40. The number of methoxy groups -OCH3 is 1. The highest BCUT2D eigenvalue weighted by molar-refractivity contribution is 7.17. The molecule has 21 heavy (non-hydrogen) atoms. The van der Waals surface area contributed by atoms with Gasteiger partial charge in [-0.15, -0.1) is 11.3 Å². The summed E-state index contributed by atoms with van der Waals surface area (Å²) in [6, 6.07) is 0. The molecule has 0 unspecified atom stereocenters. The maximum Gasteiger partial charge on any atom is 0.341 e. The summed E-state index contributed by atoms with van der Waals surface area (Å²) in [5.74, 6) is -0.445. The van der Waals surface area contributed by atoms with Gasteiger partial charge in [0.05, 0.1) is 12.7 Å². The molecule has 1 aromatic rings. The SMILES string of the molecule is COC(=O)c1c(NC(=O)CC(C)(C)C)sc2c1CCNC2. The summed E-state index contributed by atoms with van der Waals surface area (Å²) >= 11 is 1.46. The van der Waals surface area contributed by atoms with Gasteiger partial charge in [0.1, 0.15) is 5.00 Å². The molecule has 0 saturated carbocycles. The van der Waals surface area contributed by atoms with Crippen molar-refractivity contribution in [3.05, 3.63) is 16.0 Å². The third-order valence-electron chi connectivity index (χ3n) is 3.26. The molecule has 1 aliphatic rings. The molecule has 0 bridgehead atoms. The van der Waals surface area contributed by atoms with Crippen LogP contribution in [-0.2, 0) is 22.5 Å². The zero-order chi connectivity index (χ0) is 15.6. The molecule has 6 heteroatoms. The van der Waals surface area contributed by atoms with E-state index >= 15 is 0 Å². The maximum atomic E-state index is 12.1. The van der Waals surface area contributed by atoms with Gasteiger partial charge in [-0.2, -0.15) is 0 Å². The lowest BCUT2D eigenvalue weighted by atomic mass is 9.92. The van der Waals surface area contributed by atoms with E-state index in [1.54, 1.807) is 0 Å². The van der Waals surface area contributed by atoms with Crippen molar-refractivity contribution in [3.63, 3.8) is 0 Å². The number of hydrogen-bond donors (Lipinski definition) is 2. The van der Waals surface area contributed by atoms with E-state index < -0.39 is 0 Å². The van der Waals surface area contributed by atoms with Crippen molar-refractivity contribution in [1.82, 2.24) is 5.32 Å². The van der Waals surface area contributed by atoms with Gasteiger partial charge in [-0.25, -0.2) is 4.79 Å². The third-order valence-corrected chi connectivity index (χ3v) is 4.41. The first-order valence-electron chi connectivity index (χ1n) is 7.05. The first-order chi connectivity index (χ1) is 9.81. The molecule has 1 amide bonds. The lowest BCUT2D eigenvalue weighted by Gasteiger charge is -2.17. The summed E-state index contributed by atoms with van der Waals surface area (Å²) in [6.07, 6.45) is 1.19. The molecular weight excluding hydrogens is 288 g/mol. The van der Waals surface area contributed by atoms with Gasteiger partial charge in [0.15, 0.2) is 0 Å². The van der Waals surface area contributed by atoms with Crippen LogP contribution in [0.1, 0.15) is 48.0 Å². The molecule has 0 aliphatic carbocycles. The summed E-state index contributed by atoms with van der Waals surface area (Å²) in [7, 11) is 1.37. The van der Waals surface area contributed by atoms with Crippen LogP contribution in [0.4, 0.5) is 5.00 Å². The van der Waals surface area contributed by atoms with Crippen LogP contribution in [0.5, 0.6) is 0 Å². The van der Waals surface area contributed by atoms with Crippen LogP contribution in [0.25, 0.3) is 0 Å². The Morgan fingerprint density at radius 2 is 2.10 bits per heavy atom. The zero-order valence-corrected chi connectivity index (χ0v) is 13.8. The minimum absolute atomic E-state index is 0.0702. The number of nitrogens with one attached hydrogen (secondary N) is 2. The third kappa shape index (κ3) is 3.83. The number of fused-ring (bicyclic) bond motifs is 1. The molecule has 0 spiro atoms. The molecule has 5 nitrogen and oxygen atoms in total. The molecule has 2 heterocycles. The number of thiophene rings is 1. The molecule has 116 valence electrons. The topological polar surface area (TPSA) is 67.4 Å². The fraction of sp³-hybridized carbons (Fsp3) is 0.600. The molecule has 0 radical (unpaired) electrons. The van der Waals surface area contributed by atoms with Crippen LogP contribution in [-0.4, -0.2) is 25.5 Å². The van der Waals surface area contributed by atoms with E-state index in [1.807, 2.05) is 20.8 Å². The Bertz CT molecular complexity index is 558. The lowest BCUT2D eigenvalue weighted by molar-refractivity contribution is -0.117. The average Bonchev–Trinajstić information content (AvgIpc) is 2.73. The van der Waals surface area contributed by atoms with Crippen molar-refractivity contribution in [2.24, 2.45) is 5.41 Å². The van der Waals surface area contributed by atoms with E-state index in [1.165, 1.54) is 18.4 Å². The monoisotopic (exact) mass is 310 g/mol. The van der Waals surface area contributed by atoms with Crippen LogP contribution in [0, 0.1) is 5.41 Å². The Kier molecular flexibility index (Phi) is 4.68. The van der Waals surface area contributed by atoms with Crippen molar-refractivity contribution in [2.75, 3.05) is 19.0 Å². The van der Waals surface area contributed by atoms with Crippen molar-refractivity contribution in [2.45, 2.75) is 40.2 Å². The van der Waals surface area contributed by atoms with E-state index in [4.69, 9.17) is 4.74 Å². The fourth-order valence-corrected chi connectivity index (χ4v) is 3.61. The fourth-order valence-electron chi connectivity index (χ4n) is 2.39. The molecular formula is C15H22N2O3S. The lowest BCUT2D eigenvalue weighted by Crippen LogP contribution is -2.24. The number of carbonyl (C=O) groups is 2. The van der Waals surface area contributed by atoms with E-state index in [0.29, 0.717) is 17.0 Å². The molecule has 1 aliphatic heterocycles. The summed E-state index contributed by atoms with van der Waals surface area (Å²) in [5.41, 5.74) is 1.45. The van der Waals surface area contributed by atoms with Gasteiger partial charge in [0.2, 0.25) is 5.91 Å². The molecule has 2 N–H and O–H groups in total. The predicted molar refractivity (Wildman–Crippen MR) is 83.8 cm³/mol. The van der Waals surface area contributed by atoms with Gasteiger partial charge in [-0.05, 0) is 23.9 Å². The number of esters is 1. The number of anilines is 1. The minimum Gasteiger partial charge on any atom is -0.465 e. The van der Waals surface area contributed by atoms with E-state index in [0.717, 1.165) is 30.0 Å². The maximum absolute atomic E-state index is 12.1. The number of rotatable bonds is 3. The Morgan fingerprint density at radius 3 is 2.71 bits per heavy atom. The standard InChI is InChI=1S/C15H22N2O3S/c1-15(2,3)7-11(18)17-13-12(14(19)20-4)9-5-6-16-8-10(9)21-13/h16H,5-8H2,1-4H3,(H,17,18). The average molecular weight is 310 g/mol. The number of hydrogen-bond acceptors (Lipinski definition) is 5. The first kappa shape index (κ1) is 16.0. The highest BCUT2D eigenvalue weighted by atomic mass is 32.1. The van der Waals surface area contributed by atoms with Crippen LogP contribution >= 0.6 is 11.3 Å². The summed E-state index contributed by atoms with van der Waals surface area (Å²) in [5, 5.41) is 6.78. The second-order valence-electron chi connectivity index (χ2n) is 6.41. The summed E-state index contributed by atoms with van der Waals surface area (Å²) < 4.78 is 4.88. The van der Waals surface area contributed by atoms with Crippen molar-refractivity contribution in [3.8, 4) is 0 Å². The quantitative estimate of drug-likeness (QED) is 0.842. The number of carbonyl (C=O) groups excluding carboxylic acids is 2. The van der Waals surface area contributed by atoms with E-state index in [2.05, 4.69) is 10.6 Å². The minimum atomic E-state index is -0.375. The second-order valence-corrected chi connectivity index (χ2v) is 7.52. The van der Waals surface area contributed by atoms with E-state index in [-0.39, 0.29) is 17.3 Å². The van der Waals surface area contributed by atoms with Crippen molar-refractivity contribution >= 4 is 28.2 Å². The van der Waals surface area contributed by atoms with Gasteiger partial charge in [-0.3, -0.25) is 4.79 Å². The van der Waals surface area contributed by atoms with Crippen LogP contribution in [0.3, 0.4) is 0 Å². The van der Waals surface area contributed by atoms with Crippen LogP contribution in [0.2, 0.25) is 0 Å². The molecule has 0 atom stereocenters.